The van der Waals surface area contributed by atoms with E-state index >= 15 is 0 Å². The molecular weight excluding hydrogens is 270 g/mol. The fraction of sp³-hybridized carbons (Fsp3) is 0.400. The van der Waals surface area contributed by atoms with E-state index in [1.54, 1.807) is 6.07 Å². The maximum Gasteiger partial charge on any atom is 0.328 e. The first-order chi connectivity index (χ1) is 10.2. The summed E-state index contributed by atoms with van der Waals surface area (Å²) in [6.45, 7) is 0.738. The monoisotopic (exact) mass is 287 g/mol. The highest BCUT2D eigenvalue weighted by atomic mass is 16.5. The second-order valence-electron chi connectivity index (χ2n) is 4.61. The van der Waals surface area contributed by atoms with E-state index in [9.17, 15) is 9.59 Å². The minimum Gasteiger partial charge on any atom is -0.467 e. The molecule has 0 radical (unpaired) electrons. The molecule has 6 heteroatoms. The van der Waals surface area contributed by atoms with Gasteiger partial charge in [0.1, 0.15) is 6.04 Å². The highest BCUT2D eigenvalue weighted by Gasteiger charge is 2.35. The van der Waals surface area contributed by atoms with Crippen LogP contribution in [-0.4, -0.2) is 48.0 Å². The van der Waals surface area contributed by atoms with E-state index in [1.807, 2.05) is 0 Å². The summed E-state index contributed by atoms with van der Waals surface area (Å²) in [5, 5.41) is 0. The summed E-state index contributed by atoms with van der Waals surface area (Å²) in [5.41, 5.74) is 6.30. The number of pyridine rings is 1. The summed E-state index contributed by atoms with van der Waals surface area (Å²) < 4.78 is 4.76. The van der Waals surface area contributed by atoms with Crippen LogP contribution in [0.4, 0.5) is 0 Å². The minimum atomic E-state index is -0.522. The Morgan fingerprint density at radius 1 is 1.57 bits per heavy atom. The number of methoxy groups -OCH3 is 1. The first kappa shape index (κ1) is 15.0. The summed E-state index contributed by atoms with van der Waals surface area (Å²) in [5.74, 6) is 4.93. The number of carbonyl (C=O) groups excluding carboxylic acids is 2. The zero-order valence-corrected chi connectivity index (χ0v) is 11.8. The van der Waals surface area contributed by atoms with Crippen molar-refractivity contribution in [3.63, 3.8) is 0 Å². The number of hydrogen-bond acceptors (Lipinski definition) is 5. The smallest absolute Gasteiger partial charge is 0.328 e. The van der Waals surface area contributed by atoms with Crippen LogP contribution in [0.2, 0.25) is 0 Å². The van der Waals surface area contributed by atoms with Crippen molar-refractivity contribution in [2.75, 3.05) is 20.2 Å². The summed E-state index contributed by atoms with van der Waals surface area (Å²) in [4.78, 5) is 29.9. The molecule has 2 heterocycles. The molecule has 0 spiro atoms. The van der Waals surface area contributed by atoms with Crippen LogP contribution in [-0.2, 0) is 9.53 Å². The Hall–Kier alpha value is -2.39. The maximum atomic E-state index is 12.7. The number of carbonyl (C=O) groups is 2. The van der Waals surface area contributed by atoms with Gasteiger partial charge >= 0.3 is 5.97 Å². The standard InChI is InChI=1S/C15H17N3O3/c1-21-15(20)13-5-3-9-18(13)14(19)12-6-8-17-10-11(12)4-2-7-16/h6,8,10,13H,3,5,7,9,16H2,1H3. The van der Waals surface area contributed by atoms with Crippen LogP contribution in [0, 0.1) is 11.8 Å². The number of likely N-dealkylation sites (tertiary alicyclic amines) is 1. The zero-order valence-electron chi connectivity index (χ0n) is 11.8. The van der Waals surface area contributed by atoms with Gasteiger partial charge in [0.05, 0.1) is 24.8 Å². The van der Waals surface area contributed by atoms with Crippen molar-refractivity contribution in [1.29, 1.82) is 0 Å². The third kappa shape index (κ3) is 3.20. The number of amides is 1. The van der Waals surface area contributed by atoms with Crippen molar-refractivity contribution >= 4 is 11.9 Å². The molecule has 0 saturated carbocycles. The molecule has 1 aliphatic heterocycles. The van der Waals surface area contributed by atoms with Crippen LogP contribution in [0.1, 0.15) is 28.8 Å². The van der Waals surface area contributed by atoms with Gasteiger partial charge in [-0.25, -0.2) is 4.79 Å². The summed E-state index contributed by atoms with van der Waals surface area (Å²) in [7, 11) is 1.33. The maximum absolute atomic E-state index is 12.7. The highest BCUT2D eigenvalue weighted by Crippen LogP contribution is 2.22. The van der Waals surface area contributed by atoms with E-state index in [2.05, 4.69) is 16.8 Å². The Bertz CT molecular complexity index is 604. The van der Waals surface area contributed by atoms with Crippen molar-refractivity contribution in [3.8, 4) is 11.8 Å². The van der Waals surface area contributed by atoms with Gasteiger partial charge < -0.3 is 15.4 Å². The van der Waals surface area contributed by atoms with E-state index < -0.39 is 6.04 Å². The molecule has 2 rings (SSSR count). The van der Waals surface area contributed by atoms with Gasteiger partial charge in [0.15, 0.2) is 0 Å². The first-order valence-corrected chi connectivity index (χ1v) is 6.70. The Balaban J connectivity index is 2.30. The molecule has 1 aromatic heterocycles. The minimum absolute atomic E-state index is 0.205. The number of hydrogen-bond donors (Lipinski definition) is 1. The number of aromatic nitrogens is 1. The van der Waals surface area contributed by atoms with E-state index in [4.69, 9.17) is 10.5 Å². The SMILES string of the molecule is COC(=O)C1CCCN1C(=O)c1ccncc1C#CCN. The predicted molar refractivity (Wildman–Crippen MR) is 76.2 cm³/mol. The van der Waals surface area contributed by atoms with Gasteiger partial charge in [0.2, 0.25) is 0 Å². The van der Waals surface area contributed by atoms with Gasteiger partial charge in [0, 0.05) is 18.9 Å². The molecule has 1 saturated heterocycles. The van der Waals surface area contributed by atoms with Crippen LogP contribution in [0.15, 0.2) is 18.5 Å². The average Bonchev–Trinajstić information content (AvgIpc) is 3.01. The van der Waals surface area contributed by atoms with Crippen molar-refractivity contribution in [3.05, 3.63) is 29.6 Å². The molecule has 21 heavy (non-hydrogen) atoms. The molecule has 1 amide bonds. The van der Waals surface area contributed by atoms with Gasteiger partial charge in [-0.05, 0) is 18.9 Å². The lowest BCUT2D eigenvalue weighted by molar-refractivity contribution is -0.145. The Morgan fingerprint density at radius 2 is 2.38 bits per heavy atom. The zero-order chi connectivity index (χ0) is 15.2. The van der Waals surface area contributed by atoms with E-state index in [-0.39, 0.29) is 18.4 Å². The molecule has 2 N–H and O–H groups in total. The molecule has 1 aromatic rings. The van der Waals surface area contributed by atoms with Crippen LogP contribution >= 0.6 is 0 Å². The second kappa shape index (κ2) is 6.86. The molecule has 0 bridgehead atoms. The van der Waals surface area contributed by atoms with Gasteiger partial charge in [-0.15, -0.1) is 0 Å². The van der Waals surface area contributed by atoms with Gasteiger partial charge in [-0.1, -0.05) is 11.8 Å². The molecule has 1 atom stereocenters. The lowest BCUT2D eigenvalue weighted by Gasteiger charge is -2.23. The molecule has 6 nitrogen and oxygen atoms in total. The predicted octanol–water partition coefficient (Wildman–Crippen LogP) is 0.169. The third-order valence-electron chi connectivity index (χ3n) is 3.36. The molecule has 1 unspecified atom stereocenters. The fourth-order valence-corrected chi connectivity index (χ4v) is 2.37. The van der Waals surface area contributed by atoms with E-state index in [0.29, 0.717) is 24.1 Å². The second-order valence-corrected chi connectivity index (χ2v) is 4.61. The number of ether oxygens (including phenoxy) is 1. The molecular formula is C15H17N3O3. The number of nitrogens with zero attached hydrogens (tertiary/aromatic N) is 2. The average molecular weight is 287 g/mol. The van der Waals surface area contributed by atoms with E-state index in [0.717, 1.165) is 6.42 Å². The molecule has 1 aliphatic rings. The summed E-state index contributed by atoms with van der Waals surface area (Å²) >= 11 is 0. The van der Waals surface area contributed by atoms with Crippen LogP contribution in [0.5, 0.6) is 0 Å². The molecule has 0 aliphatic carbocycles. The summed E-state index contributed by atoms with van der Waals surface area (Å²) in [6, 6.07) is 1.08. The highest BCUT2D eigenvalue weighted by molar-refractivity contribution is 5.99. The van der Waals surface area contributed by atoms with Crippen LogP contribution in [0.3, 0.4) is 0 Å². The first-order valence-electron chi connectivity index (χ1n) is 6.70. The summed E-state index contributed by atoms with van der Waals surface area (Å²) in [6.07, 6.45) is 4.46. The van der Waals surface area contributed by atoms with E-state index in [1.165, 1.54) is 24.4 Å². The lowest BCUT2D eigenvalue weighted by Crippen LogP contribution is -2.41. The van der Waals surface area contributed by atoms with Crippen LogP contribution < -0.4 is 5.73 Å². The quantitative estimate of drug-likeness (QED) is 0.619. The Labute approximate surface area is 123 Å². The molecule has 1 fully saturated rings. The lowest BCUT2D eigenvalue weighted by atomic mass is 10.1. The van der Waals surface area contributed by atoms with Gasteiger partial charge in [-0.3, -0.25) is 9.78 Å². The molecule has 110 valence electrons. The largest absolute Gasteiger partial charge is 0.467 e. The normalized spacial score (nSPS) is 17.0. The van der Waals surface area contributed by atoms with Crippen molar-refractivity contribution < 1.29 is 14.3 Å². The van der Waals surface area contributed by atoms with Crippen molar-refractivity contribution in [1.82, 2.24) is 9.88 Å². The van der Waals surface area contributed by atoms with Crippen molar-refractivity contribution in [2.24, 2.45) is 5.73 Å². The molecule has 0 aromatic carbocycles. The topological polar surface area (TPSA) is 85.5 Å². The van der Waals surface area contributed by atoms with Crippen molar-refractivity contribution in [2.45, 2.75) is 18.9 Å². The number of rotatable bonds is 2. The van der Waals surface area contributed by atoms with Gasteiger partial charge in [0.25, 0.3) is 5.91 Å². The fourth-order valence-electron chi connectivity index (χ4n) is 2.37. The third-order valence-corrected chi connectivity index (χ3v) is 3.36. The van der Waals surface area contributed by atoms with Crippen LogP contribution in [0.25, 0.3) is 0 Å². The number of esters is 1. The number of nitrogens with two attached hydrogens (primary N) is 1. The Kier molecular flexibility index (Phi) is 4.90. The Morgan fingerprint density at radius 3 is 3.10 bits per heavy atom. The van der Waals surface area contributed by atoms with Gasteiger partial charge in [-0.2, -0.15) is 0 Å².